The van der Waals surface area contributed by atoms with Crippen LogP contribution in [-0.4, -0.2) is 51.9 Å². The zero-order valence-corrected chi connectivity index (χ0v) is 13.8. The maximum Gasteiger partial charge on any atom is 0.257 e. The molecule has 2 fully saturated rings. The highest BCUT2D eigenvalue weighted by Crippen LogP contribution is 2.42. The van der Waals surface area contributed by atoms with E-state index < -0.39 is 0 Å². The molecule has 0 radical (unpaired) electrons. The molecular weight excluding hydrogens is 290 g/mol. The normalized spacial score (nSPS) is 17.3. The third kappa shape index (κ3) is 2.62. The smallest absolute Gasteiger partial charge is 0.257 e. The number of hydrogen-bond donors (Lipinski definition) is 0. The van der Waals surface area contributed by atoms with Crippen LogP contribution < -0.4 is 4.90 Å². The lowest BCUT2D eigenvalue weighted by Gasteiger charge is -2.26. The fraction of sp³-hybridized carbons (Fsp3) is 0.529. The first-order chi connectivity index (χ1) is 11.0. The Kier molecular flexibility index (Phi) is 3.21. The van der Waals surface area contributed by atoms with E-state index >= 15 is 0 Å². The molecule has 2 saturated carbocycles. The number of aryl methyl sites for hydroxylation is 1. The van der Waals surface area contributed by atoms with Crippen LogP contribution >= 0.6 is 0 Å². The second-order valence-corrected chi connectivity index (χ2v) is 6.76. The second-order valence-electron chi connectivity index (χ2n) is 6.76. The average molecular weight is 311 g/mol. The Bertz CT molecular complexity index is 768. The quantitative estimate of drug-likeness (QED) is 0.866. The molecule has 2 heterocycles. The van der Waals surface area contributed by atoms with Crippen LogP contribution in [0.4, 0.5) is 5.82 Å². The van der Waals surface area contributed by atoms with Gasteiger partial charge in [-0.15, -0.1) is 0 Å². The van der Waals surface area contributed by atoms with E-state index in [0.29, 0.717) is 29.1 Å². The number of hydrogen-bond acceptors (Lipinski definition) is 5. The molecule has 0 bridgehead atoms. The lowest BCUT2D eigenvalue weighted by Crippen LogP contribution is -2.33. The van der Waals surface area contributed by atoms with Crippen molar-refractivity contribution in [1.82, 2.24) is 19.9 Å². The van der Waals surface area contributed by atoms with Gasteiger partial charge >= 0.3 is 0 Å². The van der Waals surface area contributed by atoms with Crippen molar-refractivity contribution in [3.8, 4) is 0 Å². The summed E-state index contributed by atoms with van der Waals surface area (Å²) >= 11 is 0. The van der Waals surface area contributed by atoms with Gasteiger partial charge in [-0.1, -0.05) is 0 Å². The van der Waals surface area contributed by atoms with Crippen molar-refractivity contribution in [3.63, 3.8) is 0 Å². The van der Waals surface area contributed by atoms with Gasteiger partial charge in [0.1, 0.15) is 11.6 Å². The van der Waals surface area contributed by atoms with E-state index in [1.165, 1.54) is 25.7 Å². The number of anilines is 1. The number of fused-ring (bicyclic) bond motifs is 1. The lowest BCUT2D eigenvalue weighted by molar-refractivity contribution is 0.0828. The molecule has 0 aromatic carbocycles. The molecule has 0 unspecified atom stereocenters. The molecule has 0 N–H and O–H groups in total. The van der Waals surface area contributed by atoms with Crippen molar-refractivity contribution >= 4 is 22.8 Å². The van der Waals surface area contributed by atoms with E-state index in [1.54, 1.807) is 25.2 Å². The van der Waals surface area contributed by atoms with Crippen molar-refractivity contribution in [3.05, 3.63) is 23.7 Å². The first-order valence-electron chi connectivity index (χ1n) is 8.19. The standard InChI is InChI=1S/C17H21N5O/c1-10-18-9-11-8-14(17(23)21(2)3)16(20-15(11)19-10)22(12-4-5-12)13-6-7-13/h8-9,12-13H,4-7H2,1-3H3. The number of pyridine rings is 1. The van der Waals surface area contributed by atoms with Gasteiger partial charge in [0.05, 0.1) is 5.56 Å². The minimum absolute atomic E-state index is 0.0127. The molecule has 2 aromatic heterocycles. The minimum Gasteiger partial charge on any atom is -0.350 e. The van der Waals surface area contributed by atoms with Crippen LogP contribution in [0.15, 0.2) is 12.3 Å². The van der Waals surface area contributed by atoms with Gasteiger partial charge in [-0.3, -0.25) is 4.79 Å². The molecular formula is C17H21N5O. The molecule has 0 aliphatic heterocycles. The summed E-state index contributed by atoms with van der Waals surface area (Å²) in [4.78, 5) is 30.1. The number of amides is 1. The molecule has 4 rings (SSSR count). The van der Waals surface area contributed by atoms with Gasteiger partial charge in [0.2, 0.25) is 0 Å². The maximum atomic E-state index is 12.7. The Morgan fingerprint density at radius 1 is 1.13 bits per heavy atom. The first-order valence-corrected chi connectivity index (χ1v) is 8.19. The fourth-order valence-corrected chi connectivity index (χ4v) is 2.98. The van der Waals surface area contributed by atoms with Gasteiger partial charge in [-0.2, -0.15) is 0 Å². The van der Waals surface area contributed by atoms with Crippen molar-refractivity contribution in [2.45, 2.75) is 44.7 Å². The molecule has 120 valence electrons. The average Bonchev–Trinajstić information content (AvgIpc) is 3.40. The van der Waals surface area contributed by atoms with Crippen LogP contribution in [0.3, 0.4) is 0 Å². The van der Waals surface area contributed by atoms with E-state index in [0.717, 1.165) is 11.2 Å². The maximum absolute atomic E-state index is 12.7. The Labute approximate surface area is 135 Å². The molecule has 2 aliphatic carbocycles. The fourth-order valence-electron chi connectivity index (χ4n) is 2.98. The van der Waals surface area contributed by atoms with Gasteiger partial charge in [-0.05, 0) is 38.7 Å². The topological polar surface area (TPSA) is 62.2 Å². The molecule has 6 heteroatoms. The highest BCUT2D eigenvalue weighted by atomic mass is 16.2. The van der Waals surface area contributed by atoms with Gasteiger partial charge < -0.3 is 9.80 Å². The van der Waals surface area contributed by atoms with Gasteiger partial charge in [0.25, 0.3) is 5.91 Å². The van der Waals surface area contributed by atoms with Crippen molar-refractivity contribution in [2.75, 3.05) is 19.0 Å². The van der Waals surface area contributed by atoms with Crippen LogP contribution in [0.2, 0.25) is 0 Å². The van der Waals surface area contributed by atoms with E-state index in [4.69, 9.17) is 4.98 Å². The third-order valence-electron chi connectivity index (χ3n) is 4.43. The zero-order valence-electron chi connectivity index (χ0n) is 13.8. The number of aromatic nitrogens is 3. The van der Waals surface area contributed by atoms with Crippen LogP contribution in [0, 0.1) is 6.92 Å². The molecule has 0 atom stereocenters. The summed E-state index contributed by atoms with van der Waals surface area (Å²) in [6.07, 6.45) is 6.51. The highest BCUT2D eigenvalue weighted by molar-refractivity contribution is 6.01. The van der Waals surface area contributed by atoms with Crippen molar-refractivity contribution in [2.24, 2.45) is 0 Å². The summed E-state index contributed by atoms with van der Waals surface area (Å²) in [7, 11) is 3.56. The Morgan fingerprint density at radius 3 is 2.35 bits per heavy atom. The molecule has 2 aromatic rings. The van der Waals surface area contributed by atoms with Gasteiger partial charge in [-0.25, -0.2) is 15.0 Å². The van der Waals surface area contributed by atoms with Crippen LogP contribution in [-0.2, 0) is 0 Å². The summed E-state index contributed by atoms with van der Waals surface area (Å²) in [6.45, 7) is 1.86. The van der Waals surface area contributed by atoms with Crippen LogP contribution in [0.25, 0.3) is 11.0 Å². The zero-order chi connectivity index (χ0) is 16.1. The van der Waals surface area contributed by atoms with Crippen molar-refractivity contribution < 1.29 is 4.79 Å². The molecule has 2 aliphatic rings. The molecule has 6 nitrogen and oxygen atoms in total. The first kappa shape index (κ1) is 14.4. The summed E-state index contributed by atoms with van der Waals surface area (Å²) in [5.41, 5.74) is 1.34. The SMILES string of the molecule is Cc1ncc2cc(C(=O)N(C)C)c(N(C3CC3)C3CC3)nc2n1. The van der Waals surface area contributed by atoms with Crippen LogP contribution in [0.5, 0.6) is 0 Å². The number of carbonyl (C=O) groups is 1. The summed E-state index contributed by atoms with van der Waals surface area (Å²) in [5, 5.41) is 0.816. The third-order valence-corrected chi connectivity index (χ3v) is 4.43. The Morgan fingerprint density at radius 2 is 1.78 bits per heavy atom. The monoisotopic (exact) mass is 311 g/mol. The summed E-state index contributed by atoms with van der Waals surface area (Å²) in [6, 6.07) is 2.96. The van der Waals surface area contributed by atoms with E-state index in [1.807, 2.05) is 13.0 Å². The Hall–Kier alpha value is -2.24. The molecule has 23 heavy (non-hydrogen) atoms. The van der Waals surface area contributed by atoms with Crippen LogP contribution in [0.1, 0.15) is 41.9 Å². The Balaban J connectivity index is 1.90. The number of rotatable bonds is 4. The predicted octanol–water partition coefficient (Wildman–Crippen LogP) is 2.17. The summed E-state index contributed by atoms with van der Waals surface area (Å²) < 4.78 is 0. The number of nitrogens with zero attached hydrogens (tertiary/aromatic N) is 5. The predicted molar refractivity (Wildman–Crippen MR) is 88.6 cm³/mol. The van der Waals surface area contributed by atoms with Gasteiger partial charge in [0.15, 0.2) is 5.65 Å². The minimum atomic E-state index is -0.0127. The highest BCUT2D eigenvalue weighted by Gasteiger charge is 2.41. The molecule has 0 saturated heterocycles. The van der Waals surface area contributed by atoms with E-state index in [2.05, 4.69) is 14.9 Å². The molecule has 1 amide bonds. The van der Waals surface area contributed by atoms with E-state index in [9.17, 15) is 4.79 Å². The number of carbonyl (C=O) groups excluding carboxylic acids is 1. The van der Waals surface area contributed by atoms with Crippen molar-refractivity contribution in [1.29, 1.82) is 0 Å². The second kappa shape index (κ2) is 5.15. The molecule has 0 spiro atoms. The largest absolute Gasteiger partial charge is 0.350 e. The van der Waals surface area contributed by atoms with Gasteiger partial charge in [0, 0.05) is 37.8 Å². The van der Waals surface area contributed by atoms with E-state index in [-0.39, 0.29) is 5.91 Å². The lowest BCUT2D eigenvalue weighted by atomic mass is 10.1. The summed E-state index contributed by atoms with van der Waals surface area (Å²) in [5.74, 6) is 1.49.